The van der Waals surface area contributed by atoms with Gasteiger partial charge in [-0.1, -0.05) is 15.9 Å². The molecule has 0 bridgehead atoms. The molecule has 3 heterocycles. The lowest BCUT2D eigenvalue weighted by atomic mass is 10.1. The average molecular weight is 1310 g/mol. The first-order valence-electron chi connectivity index (χ1n) is 25.7. The van der Waals surface area contributed by atoms with E-state index in [2.05, 4.69) is 40.5 Å². The Hall–Kier alpha value is -9.05. The molecule has 0 spiro atoms. The average Bonchev–Trinajstić information content (AvgIpc) is 2.31. The minimum Gasteiger partial charge on any atom is -0.465 e. The summed E-state index contributed by atoms with van der Waals surface area (Å²) in [5, 5.41) is 13.4. The lowest BCUT2D eigenvalue weighted by Crippen LogP contribution is -2.25. The van der Waals surface area contributed by atoms with Crippen molar-refractivity contribution < 1.29 is 91.6 Å². The van der Waals surface area contributed by atoms with Crippen molar-refractivity contribution in [2.45, 2.75) is 97.8 Å². The maximum absolute atomic E-state index is 14.1. The molecule has 0 amide bonds. The van der Waals surface area contributed by atoms with Gasteiger partial charge in [0, 0.05) is 53.2 Å². The van der Waals surface area contributed by atoms with Crippen molar-refractivity contribution in [1.29, 1.82) is 0 Å². The number of furan rings is 1. The Morgan fingerprint density at radius 1 is 0.557 bits per heavy atom. The van der Waals surface area contributed by atoms with Gasteiger partial charge in [0.15, 0.2) is 11.4 Å². The molecule has 28 heteroatoms. The van der Waals surface area contributed by atoms with E-state index in [1.54, 1.807) is 53.7 Å². The van der Waals surface area contributed by atoms with Gasteiger partial charge in [-0.15, -0.1) is 0 Å². The molecule has 3 aromatic heterocycles. The molecule has 88 heavy (non-hydrogen) atoms. The minimum atomic E-state index is -0.987. The number of esters is 4. The van der Waals surface area contributed by atoms with Gasteiger partial charge in [0.2, 0.25) is 11.8 Å². The number of ether oxygens (including phenoxy) is 4. The number of anilines is 3. The summed E-state index contributed by atoms with van der Waals surface area (Å²) in [5.41, 5.74) is 16.0. The number of benzene rings is 5. The van der Waals surface area contributed by atoms with Crippen LogP contribution in [-0.4, -0.2) is 74.0 Å². The van der Waals surface area contributed by atoms with Gasteiger partial charge in [0.1, 0.15) is 75.1 Å². The number of aryl methyl sites for hydroxylation is 2. The fourth-order valence-corrected chi connectivity index (χ4v) is 7.77. The Kier molecular flexibility index (Phi) is 25.2. The number of halogens is 11. The monoisotopic (exact) mass is 1310 g/mol. The molecule has 5 aromatic carbocycles. The number of aliphatic hydroxyl groups is 1. The highest BCUT2D eigenvalue weighted by atomic mass is 79.9. The quantitative estimate of drug-likeness (QED) is 0.0308. The zero-order valence-corrected chi connectivity index (χ0v) is 50.4. The van der Waals surface area contributed by atoms with Crippen molar-refractivity contribution in [3.8, 4) is 11.6 Å². The highest BCUT2D eigenvalue weighted by Crippen LogP contribution is 2.27. The van der Waals surface area contributed by atoms with Gasteiger partial charge in [-0.25, -0.2) is 53.5 Å². The number of carbonyl (C=O) groups is 4. The van der Waals surface area contributed by atoms with Crippen LogP contribution in [0.2, 0.25) is 0 Å². The van der Waals surface area contributed by atoms with Gasteiger partial charge in [-0.2, -0.15) is 19.6 Å². The van der Waals surface area contributed by atoms with Gasteiger partial charge in [-0.3, -0.25) is 9.59 Å². The SMILES string of the molecule is CC(C)(C)OC(=O)Cc1cc(CBr)c(F)cc1F.CC(C)(C)OC(=O)Cc1cc(CO)c(F)cc1F.COC(=O)c1cc(C)c(F)cc1F.COC(=O)c1cc(N)c(F)cc1F.Cc1ccc(-c2nc(N)nc3c(Cc4cc(N)c(F)cc4F)cnn23)o1. The van der Waals surface area contributed by atoms with Crippen LogP contribution in [-0.2, 0) is 59.7 Å². The second-order valence-corrected chi connectivity index (χ2v) is 21.2. The van der Waals surface area contributed by atoms with E-state index >= 15 is 0 Å². The summed E-state index contributed by atoms with van der Waals surface area (Å²) in [7, 11) is 2.24. The largest absolute Gasteiger partial charge is 0.465 e. The van der Waals surface area contributed by atoms with Crippen molar-refractivity contribution in [1.82, 2.24) is 19.6 Å². The number of alkyl halides is 1. The smallest absolute Gasteiger partial charge is 0.340 e. The molecular weight excluding hydrogens is 1250 g/mol. The number of aliphatic hydroxyl groups excluding tert-OH is 1. The zero-order valence-electron chi connectivity index (χ0n) is 48.8. The van der Waals surface area contributed by atoms with E-state index in [1.807, 2.05) is 6.92 Å². The van der Waals surface area contributed by atoms with Gasteiger partial charge in [0.25, 0.3) is 0 Å². The van der Waals surface area contributed by atoms with Crippen molar-refractivity contribution in [3.63, 3.8) is 0 Å². The van der Waals surface area contributed by atoms with Crippen LogP contribution >= 0.6 is 15.9 Å². The van der Waals surface area contributed by atoms with Crippen LogP contribution in [0, 0.1) is 72.0 Å². The number of methoxy groups -OCH3 is 2. The van der Waals surface area contributed by atoms with Gasteiger partial charge in [0.05, 0.1) is 62.4 Å². The highest BCUT2D eigenvalue weighted by molar-refractivity contribution is 9.08. The topological polar surface area (TPSA) is 260 Å². The Morgan fingerprint density at radius 2 is 1.00 bits per heavy atom. The Morgan fingerprint density at radius 3 is 1.48 bits per heavy atom. The van der Waals surface area contributed by atoms with Crippen LogP contribution in [0.25, 0.3) is 17.2 Å². The highest BCUT2D eigenvalue weighted by Gasteiger charge is 2.23. The predicted octanol–water partition coefficient (Wildman–Crippen LogP) is 12.2. The molecule has 0 unspecified atom stereocenters. The van der Waals surface area contributed by atoms with Crippen molar-refractivity contribution in [3.05, 3.63) is 193 Å². The van der Waals surface area contributed by atoms with Crippen LogP contribution in [0.1, 0.15) is 107 Å². The molecule has 472 valence electrons. The fourth-order valence-electron chi connectivity index (χ4n) is 7.34. The molecule has 0 saturated carbocycles. The summed E-state index contributed by atoms with van der Waals surface area (Å²) in [5.74, 6) is -9.20. The predicted molar refractivity (Wildman–Crippen MR) is 306 cm³/mol. The van der Waals surface area contributed by atoms with E-state index in [1.165, 1.54) is 29.8 Å². The fraction of sp³-hybridized carbons (Fsp3) is 0.283. The number of aromatic nitrogens is 4. The summed E-state index contributed by atoms with van der Waals surface area (Å²) < 4.78 is 158. The Labute approximate surface area is 505 Å². The normalized spacial score (nSPS) is 10.9. The number of hydrogen-bond donors (Lipinski definition) is 4. The molecule has 0 aliphatic carbocycles. The first-order valence-corrected chi connectivity index (χ1v) is 26.8. The van der Waals surface area contributed by atoms with Crippen LogP contribution in [0.5, 0.6) is 0 Å². The van der Waals surface area contributed by atoms with E-state index in [0.29, 0.717) is 52.3 Å². The zero-order chi connectivity index (χ0) is 66.3. The van der Waals surface area contributed by atoms with Gasteiger partial charge in [-0.05, 0) is 126 Å². The van der Waals surface area contributed by atoms with E-state index in [4.69, 9.17) is 36.2 Å². The van der Waals surface area contributed by atoms with Gasteiger partial charge < -0.3 is 45.7 Å². The number of carbonyl (C=O) groups excluding carboxylic acids is 4. The third-order valence-electron chi connectivity index (χ3n) is 11.4. The molecule has 8 aromatic rings. The standard InChI is InChI=1S/C17H14F2N6O.C13H15BrF2O2.C13H16F2O3.C9H8F2O2.C8H7F2NO2/c1-8-2-3-14(26-8)16-24-17(21)23-15-10(7-22-25(15)16)4-9-5-13(20)12(19)6-11(9)18;1-13(2,3)18-12(17)5-8-4-9(7-14)11(16)6-10(8)15;1-13(2,3)18-12(17)5-8-4-9(7-16)11(15)6-10(8)14;1-5-3-6(9(12)13-2)8(11)4-7(5)10;1-13-8(12)4-2-7(11)6(10)3-5(4)9/h2-3,5-7H,4,20H2,1H3,(H2,21,23);4,6H,5,7H2,1-3H3;4,6,16H,5,7H2,1-3H3;3-4H,1-2H3;2-3H,11H2,1H3. The molecule has 0 atom stereocenters. The van der Waals surface area contributed by atoms with Crippen molar-refractivity contribution in [2.75, 3.05) is 31.4 Å². The summed E-state index contributed by atoms with van der Waals surface area (Å²) in [6.45, 7) is 13.0. The molecule has 0 fully saturated rings. The molecule has 0 saturated heterocycles. The van der Waals surface area contributed by atoms with Crippen LogP contribution < -0.4 is 17.2 Å². The molecule has 0 radical (unpaired) electrons. The lowest BCUT2D eigenvalue weighted by Gasteiger charge is -2.19. The first-order chi connectivity index (χ1) is 41.0. The lowest BCUT2D eigenvalue weighted by molar-refractivity contribution is -0.155. The second-order valence-electron chi connectivity index (χ2n) is 20.7. The van der Waals surface area contributed by atoms with Crippen molar-refractivity contribution >= 4 is 62.8 Å². The summed E-state index contributed by atoms with van der Waals surface area (Å²) >= 11 is 3.10. The number of nitrogens with zero attached hydrogens (tertiary/aromatic N) is 4. The third-order valence-corrected chi connectivity index (χ3v) is 12.0. The Bertz CT molecular complexity index is 3680. The molecular formula is C60H60BrF10N7O10. The summed E-state index contributed by atoms with van der Waals surface area (Å²) in [6.07, 6.45) is 1.15. The van der Waals surface area contributed by atoms with Crippen LogP contribution in [0.4, 0.5) is 61.2 Å². The van der Waals surface area contributed by atoms with Gasteiger partial charge >= 0.3 is 23.9 Å². The second kappa shape index (κ2) is 31.0. The molecule has 0 aliphatic heterocycles. The summed E-state index contributed by atoms with van der Waals surface area (Å²) in [6, 6.07) is 12.7. The van der Waals surface area contributed by atoms with E-state index in [9.17, 15) is 63.1 Å². The maximum atomic E-state index is 14.1. The number of rotatable bonds is 11. The molecule has 8 rings (SSSR count). The van der Waals surface area contributed by atoms with Crippen molar-refractivity contribution in [2.24, 2.45) is 0 Å². The third kappa shape index (κ3) is 20.6. The number of hydrogen-bond acceptors (Lipinski definition) is 16. The number of fused-ring (bicyclic) bond motifs is 1. The summed E-state index contributed by atoms with van der Waals surface area (Å²) in [4.78, 5) is 53.2. The molecule has 0 aliphatic rings. The van der Waals surface area contributed by atoms with E-state index in [0.717, 1.165) is 44.6 Å². The van der Waals surface area contributed by atoms with Crippen LogP contribution in [0.3, 0.4) is 0 Å². The first kappa shape index (κ1) is 71.4. The maximum Gasteiger partial charge on any atom is 0.340 e. The number of nitrogens with two attached hydrogens (primary N) is 3. The van der Waals surface area contributed by atoms with Crippen LogP contribution in [0.15, 0.2) is 83.4 Å². The van der Waals surface area contributed by atoms with E-state index in [-0.39, 0.29) is 80.9 Å². The molecule has 17 nitrogen and oxygen atoms in total. The number of nitrogen functional groups attached to an aromatic ring is 3. The molecule has 7 N–H and O–H groups in total. The van der Waals surface area contributed by atoms with E-state index < -0.39 is 99.9 Å². The minimum absolute atomic E-state index is 0.00898. The Balaban J connectivity index is 0.000000242.